The van der Waals surface area contributed by atoms with Crippen LogP contribution in [0.15, 0.2) is 51.4 Å². The summed E-state index contributed by atoms with van der Waals surface area (Å²) in [6.45, 7) is 2.09. The summed E-state index contributed by atoms with van der Waals surface area (Å²) in [5.41, 5.74) is 7.18. The fourth-order valence-electron chi connectivity index (χ4n) is 1.88. The van der Waals surface area contributed by atoms with Crippen molar-refractivity contribution in [2.45, 2.75) is 25.8 Å². The fraction of sp³-hybridized carbons (Fsp3) is 0.250. The highest BCUT2D eigenvalue weighted by Gasteiger charge is 2.10. The van der Waals surface area contributed by atoms with E-state index < -0.39 is 0 Å². The van der Waals surface area contributed by atoms with E-state index in [2.05, 4.69) is 44.8 Å². The van der Waals surface area contributed by atoms with Crippen LogP contribution in [0.25, 0.3) is 0 Å². The molecule has 2 nitrogen and oxygen atoms in total. The van der Waals surface area contributed by atoms with E-state index in [4.69, 9.17) is 10.5 Å². The molecule has 0 aliphatic rings. The Morgan fingerprint density at radius 1 is 1.10 bits per heavy atom. The molecule has 0 heterocycles. The average molecular weight is 399 g/mol. The largest absolute Gasteiger partial charge is 0.456 e. The van der Waals surface area contributed by atoms with E-state index >= 15 is 0 Å². The summed E-state index contributed by atoms with van der Waals surface area (Å²) in [7, 11) is 0. The second-order valence-corrected chi connectivity index (χ2v) is 6.43. The summed E-state index contributed by atoms with van der Waals surface area (Å²) < 4.78 is 7.99. The van der Waals surface area contributed by atoms with Gasteiger partial charge in [-0.05, 0) is 64.7 Å². The third-order valence-electron chi connectivity index (χ3n) is 3.09. The molecule has 0 saturated carbocycles. The lowest BCUT2D eigenvalue weighted by atomic mass is 10.0. The number of halogens is 2. The third kappa shape index (κ3) is 4.08. The Labute approximate surface area is 136 Å². The van der Waals surface area contributed by atoms with Gasteiger partial charge in [-0.1, -0.05) is 35.0 Å². The minimum absolute atomic E-state index is 0.144. The van der Waals surface area contributed by atoms with E-state index in [1.54, 1.807) is 0 Å². The molecule has 0 aliphatic heterocycles. The lowest BCUT2D eigenvalue weighted by molar-refractivity contribution is 0.469. The molecule has 2 rings (SSSR count). The molecule has 1 unspecified atom stereocenters. The van der Waals surface area contributed by atoms with Crippen LogP contribution in [0.5, 0.6) is 11.5 Å². The van der Waals surface area contributed by atoms with Crippen molar-refractivity contribution in [3.05, 3.63) is 57.0 Å². The van der Waals surface area contributed by atoms with Crippen molar-refractivity contribution in [1.82, 2.24) is 0 Å². The van der Waals surface area contributed by atoms with E-state index in [0.29, 0.717) is 0 Å². The maximum absolute atomic E-state index is 6.07. The van der Waals surface area contributed by atoms with Gasteiger partial charge in [0, 0.05) is 10.5 Å². The lowest BCUT2D eigenvalue weighted by Gasteiger charge is -2.15. The topological polar surface area (TPSA) is 35.2 Å². The molecular formula is C16H17Br2NO. The standard InChI is InChI=1S/C16H17Br2NO/c1-2-13(19)10-11-9-12(17)7-8-15(11)20-16-6-4-3-5-14(16)18/h3-9,13H,2,10,19H2,1H3. The number of hydrogen-bond donors (Lipinski definition) is 1. The predicted octanol–water partition coefficient (Wildman–Crippen LogP) is 5.28. The molecule has 0 aromatic heterocycles. The van der Waals surface area contributed by atoms with Crippen molar-refractivity contribution in [3.8, 4) is 11.5 Å². The van der Waals surface area contributed by atoms with Crippen molar-refractivity contribution in [1.29, 1.82) is 0 Å². The fourth-order valence-corrected chi connectivity index (χ4v) is 2.65. The summed E-state index contributed by atoms with van der Waals surface area (Å²) >= 11 is 7.00. The van der Waals surface area contributed by atoms with Crippen molar-refractivity contribution in [2.24, 2.45) is 5.73 Å². The van der Waals surface area contributed by atoms with Crippen LogP contribution in [-0.4, -0.2) is 6.04 Å². The highest BCUT2D eigenvalue weighted by Crippen LogP contribution is 2.33. The molecule has 106 valence electrons. The first-order valence-corrected chi connectivity index (χ1v) is 8.15. The van der Waals surface area contributed by atoms with Crippen LogP contribution in [0.2, 0.25) is 0 Å². The SMILES string of the molecule is CCC(N)Cc1cc(Br)ccc1Oc1ccccc1Br. The van der Waals surface area contributed by atoms with Crippen LogP contribution >= 0.6 is 31.9 Å². The first kappa shape index (κ1) is 15.5. The Kier molecular flexibility index (Phi) is 5.64. The Balaban J connectivity index is 2.29. The molecule has 1 atom stereocenters. The molecule has 4 heteroatoms. The van der Waals surface area contributed by atoms with Gasteiger partial charge in [0.25, 0.3) is 0 Å². The van der Waals surface area contributed by atoms with Gasteiger partial charge in [-0.15, -0.1) is 0 Å². The highest BCUT2D eigenvalue weighted by atomic mass is 79.9. The summed E-state index contributed by atoms with van der Waals surface area (Å²) in [6.07, 6.45) is 1.75. The van der Waals surface area contributed by atoms with Gasteiger partial charge in [0.05, 0.1) is 4.47 Å². The summed E-state index contributed by atoms with van der Waals surface area (Å²) in [5, 5.41) is 0. The maximum atomic E-state index is 6.07. The van der Waals surface area contributed by atoms with Crippen LogP contribution in [-0.2, 0) is 6.42 Å². The van der Waals surface area contributed by atoms with Crippen LogP contribution in [0.3, 0.4) is 0 Å². The molecule has 0 spiro atoms. The van der Waals surface area contributed by atoms with Crippen LogP contribution in [0, 0.1) is 0 Å². The zero-order chi connectivity index (χ0) is 14.5. The number of benzene rings is 2. The molecule has 2 aromatic rings. The molecule has 0 radical (unpaired) electrons. The molecule has 0 bridgehead atoms. The molecule has 0 amide bonds. The molecule has 0 saturated heterocycles. The van der Waals surface area contributed by atoms with Gasteiger partial charge in [-0.25, -0.2) is 0 Å². The Hall–Kier alpha value is -0.840. The van der Waals surface area contributed by atoms with Crippen molar-refractivity contribution in [2.75, 3.05) is 0 Å². The monoisotopic (exact) mass is 397 g/mol. The number of para-hydroxylation sites is 1. The number of rotatable bonds is 5. The summed E-state index contributed by atoms with van der Waals surface area (Å²) in [6, 6.07) is 14.0. The number of hydrogen-bond acceptors (Lipinski definition) is 2. The van der Waals surface area contributed by atoms with E-state index in [-0.39, 0.29) is 6.04 Å². The quantitative estimate of drug-likeness (QED) is 0.743. The molecule has 20 heavy (non-hydrogen) atoms. The van der Waals surface area contributed by atoms with E-state index in [1.807, 2.05) is 36.4 Å². The molecule has 0 aliphatic carbocycles. The van der Waals surface area contributed by atoms with E-state index in [1.165, 1.54) is 0 Å². The molecular weight excluding hydrogens is 382 g/mol. The number of nitrogens with two attached hydrogens (primary N) is 1. The zero-order valence-electron chi connectivity index (χ0n) is 11.3. The van der Waals surface area contributed by atoms with Gasteiger partial charge >= 0.3 is 0 Å². The van der Waals surface area contributed by atoms with Crippen LogP contribution in [0.1, 0.15) is 18.9 Å². The second kappa shape index (κ2) is 7.25. The maximum Gasteiger partial charge on any atom is 0.141 e. The molecule has 2 N–H and O–H groups in total. The highest BCUT2D eigenvalue weighted by molar-refractivity contribution is 9.10. The van der Waals surface area contributed by atoms with Crippen LogP contribution < -0.4 is 10.5 Å². The second-order valence-electron chi connectivity index (χ2n) is 4.66. The van der Waals surface area contributed by atoms with Crippen molar-refractivity contribution >= 4 is 31.9 Å². The van der Waals surface area contributed by atoms with E-state index in [0.717, 1.165) is 38.8 Å². The average Bonchev–Trinajstić information content (AvgIpc) is 2.44. The van der Waals surface area contributed by atoms with Gasteiger partial charge in [0.1, 0.15) is 11.5 Å². The van der Waals surface area contributed by atoms with Gasteiger partial charge in [0.2, 0.25) is 0 Å². The Morgan fingerprint density at radius 2 is 1.85 bits per heavy atom. The first-order valence-electron chi connectivity index (χ1n) is 6.56. The van der Waals surface area contributed by atoms with Gasteiger partial charge in [-0.2, -0.15) is 0 Å². The van der Waals surface area contributed by atoms with E-state index in [9.17, 15) is 0 Å². The minimum atomic E-state index is 0.144. The van der Waals surface area contributed by atoms with Gasteiger partial charge < -0.3 is 10.5 Å². The zero-order valence-corrected chi connectivity index (χ0v) is 14.4. The van der Waals surface area contributed by atoms with Gasteiger partial charge in [-0.3, -0.25) is 0 Å². The Morgan fingerprint density at radius 3 is 2.55 bits per heavy atom. The normalized spacial score (nSPS) is 12.2. The predicted molar refractivity (Wildman–Crippen MR) is 90.3 cm³/mol. The van der Waals surface area contributed by atoms with Crippen molar-refractivity contribution in [3.63, 3.8) is 0 Å². The minimum Gasteiger partial charge on any atom is -0.456 e. The van der Waals surface area contributed by atoms with Crippen molar-refractivity contribution < 1.29 is 4.74 Å². The summed E-state index contributed by atoms with van der Waals surface area (Å²) in [4.78, 5) is 0. The lowest BCUT2D eigenvalue weighted by Crippen LogP contribution is -2.21. The number of ether oxygens (including phenoxy) is 1. The van der Waals surface area contributed by atoms with Gasteiger partial charge in [0.15, 0.2) is 0 Å². The third-order valence-corrected chi connectivity index (χ3v) is 4.23. The van der Waals surface area contributed by atoms with Crippen LogP contribution in [0.4, 0.5) is 0 Å². The molecule has 2 aromatic carbocycles. The Bertz CT molecular complexity index is 586. The molecule has 0 fully saturated rings. The summed E-state index contributed by atoms with van der Waals surface area (Å²) in [5.74, 6) is 1.66. The smallest absolute Gasteiger partial charge is 0.141 e. The first-order chi connectivity index (χ1) is 9.60.